The van der Waals surface area contributed by atoms with Crippen molar-refractivity contribution in [2.45, 2.75) is 32.7 Å². The first-order chi connectivity index (χ1) is 15.1. The van der Waals surface area contributed by atoms with Crippen molar-refractivity contribution in [2.75, 3.05) is 13.3 Å². The summed E-state index contributed by atoms with van der Waals surface area (Å²) in [5.41, 5.74) is 3.82. The van der Waals surface area contributed by atoms with Crippen molar-refractivity contribution in [1.29, 1.82) is 0 Å². The molecule has 0 unspecified atom stereocenters. The predicted octanol–water partition coefficient (Wildman–Crippen LogP) is 5.88. The molecule has 5 rings (SSSR count). The number of ketones is 1. The van der Waals surface area contributed by atoms with Crippen LogP contribution >= 0.6 is 11.3 Å². The number of hydrogen-bond acceptors (Lipinski definition) is 5. The first-order valence-electron chi connectivity index (χ1n) is 10.7. The van der Waals surface area contributed by atoms with E-state index in [9.17, 15) is 4.79 Å². The van der Waals surface area contributed by atoms with Crippen molar-refractivity contribution < 1.29 is 14.3 Å². The van der Waals surface area contributed by atoms with Gasteiger partial charge in [-0.05, 0) is 53.1 Å². The molecule has 0 fully saturated rings. The van der Waals surface area contributed by atoms with Crippen molar-refractivity contribution in [3.8, 4) is 11.5 Å². The Morgan fingerprint density at radius 2 is 1.97 bits per heavy atom. The molecule has 1 aromatic heterocycles. The molecule has 2 aliphatic heterocycles. The highest BCUT2D eigenvalue weighted by Crippen LogP contribution is 2.42. The predicted molar refractivity (Wildman–Crippen MR) is 124 cm³/mol. The van der Waals surface area contributed by atoms with Gasteiger partial charge in [0.2, 0.25) is 5.78 Å². The molecule has 158 valence electrons. The third-order valence-electron chi connectivity index (χ3n) is 5.84. The average Bonchev–Trinajstić information content (AvgIpc) is 3.41. The van der Waals surface area contributed by atoms with Gasteiger partial charge in [0, 0.05) is 18.0 Å². The Kier molecular flexibility index (Phi) is 5.38. The average molecular weight is 432 g/mol. The Labute approximate surface area is 186 Å². The second-order valence-electron chi connectivity index (χ2n) is 8.34. The lowest BCUT2D eigenvalue weighted by atomic mass is 10.0. The normalized spacial score (nSPS) is 16.9. The van der Waals surface area contributed by atoms with Gasteiger partial charge in [0.1, 0.15) is 18.2 Å². The maximum atomic E-state index is 13.0. The number of nitrogens with zero attached hydrogens (tertiary/aromatic N) is 1. The topological polar surface area (TPSA) is 38.8 Å². The molecule has 31 heavy (non-hydrogen) atoms. The number of rotatable bonds is 5. The first kappa shape index (κ1) is 20.0. The largest absolute Gasteiger partial charge is 0.478 e. The van der Waals surface area contributed by atoms with Crippen LogP contribution in [0, 0.1) is 0 Å². The summed E-state index contributed by atoms with van der Waals surface area (Å²) in [6.45, 7) is 6.51. The Hall–Kier alpha value is -2.89. The maximum Gasteiger partial charge on any atom is 0.231 e. The van der Waals surface area contributed by atoms with Crippen molar-refractivity contribution in [3.63, 3.8) is 0 Å². The van der Waals surface area contributed by atoms with Crippen LogP contribution in [0.4, 0.5) is 0 Å². The molecule has 0 atom stereocenters. The summed E-state index contributed by atoms with van der Waals surface area (Å²) in [4.78, 5) is 16.6. The molecular weight excluding hydrogens is 406 g/mol. The quantitative estimate of drug-likeness (QED) is 0.473. The zero-order valence-corrected chi connectivity index (χ0v) is 18.6. The van der Waals surface area contributed by atoms with Gasteiger partial charge in [-0.1, -0.05) is 44.2 Å². The number of ether oxygens (including phenoxy) is 2. The summed E-state index contributed by atoms with van der Waals surface area (Å²) in [6, 6.07) is 16.2. The molecule has 0 aliphatic carbocycles. The van der Waals surface area contributed by atoms with Crippen LogP contribution in [0.3, 0.4) is 0 Å². The van der Waals surface area contributed by atoms with Crippen LogP contribution in [0.5, 0.6) is 11.5 Å². The standard InChI is InChI=1S/C26H25NO3S/c1-17(2)19-7-5-18(6-8-19)14-24-25(28)21-9-10-23-22(26(21)30-24)15-27(16-29-23)12-11-20-4-3-13-31-20/h3-10,13-14,17H,11-12,15-16H2,1-2H3/b24-14-. The van der Waals surface area contributed by atoms with Crippen LogP contribution in [0.15, 0.2) is 59.7 Å². The number of allylic oxidation sites excluding steroid dienone is 1. The summed E-state index contributed by atoms with van der Waals surface area (Å²) in [6.07, 6.45) is 2.82. The number of carbonyl (C=O) groups is 1. The molecular formula is C26H25NO3S. The van der Waals surface area contributed by atoms with E-state index in [4.69, 9.17) is 9.47 Å². The van der Waals surface area contributed by atoms with Gasteiger partial charge in [-0.25, -0.2) is 0 Å². The molecule has 0 radical (unpaired) electrons. The van der Waals surface area contributed by atoms with Crippen molar-refractivity contribution in [1.82, 2.24) is 4.90 Å². The highest BCUT2D eigenvalue weighted by atomic mass is 32.1. The zero-order chi connectivity index (χ0) is 21.4. The fourth-order valence-electron chi connectivity index (χ4n) is 4.00. The molecule has 0 N–H and O–H groups in total. The van der Waals surface area contributed by atoms with E-state index >= 15 is 0 Å². The Bertz CT molecular complexity index is 1130. The van der Waals surface area contributed by atoms with Crippen LogP contribution in [0.2, 0.25) is 0 Å². The summed E-state index contributed by atoms with van der Waals surface area (Å²) in [5.74, 6) is 2.23. The third-order valence-corrected chi connectivity index (χ3v) is 6.77. The second kappa shape index (κ2) is 8.33. The van der Waals surface area contributed by atoms with Crippen molar-refractivity contribution in [2.24, 2.45) is 0 Å². The summed E-state index contributed by atoms with van der Waals surface area (Å²) < 4.78 is 12.1. The Morgan fingerprint density at radius 1 is 1.13 bits per heavy atom. The van der Waals surface area contributed by atoms with Gasteiger partial charge < -0.3 is 9.47 Å². The summed E-state index contributed by atoms with van der Waals surface area (Å²) in [7, 11) is 0. The van der Waals surface area contributed by atoms with Crippen molar-refractivity contribution in [3.05, 3.63) is 86.8 Å². The molecule has 5 heteroatoms. The van der Waals surface area contributed by atoms with Gasteiger partial charge in [0.05, 0.1) is 11.1 Å². The fourth-order valence-corrected chi connectivity index (χ4v) is 4.70. The number of hydrogen-bond donors (Lipinski definition) is 0. The lowest BCUT2D eigenvalue weighted by molar-refractivity contribution is 0.0951. The monoisotopic (exact) mass is 431 g/mol. The number of fused-ring (bicyclic) bond motifs is 3. The van der Waals surface area contributed by atoms with Crippen LogP contribution < -0.4 is 9.47 Å². The minimum atomic E-state index is -0.0681. The van der Waals surface area contributed by atoms with E-state index in [-0.39, 0.29) is 5.78 Å². The molecule has 0 spiro atoms. The molecule has 4 nitrogen and oxygen atoms in total. The van der Waals surface area contributed by atoms with Crippen LogP contribution in [0.25, 0.3) is 6.08 Å². The molecule has 0 amide bonds. The number of Topliss-reactive ketones (excluding diaryl/α,β-unsaturated/α-hetero) is 1. The number of thiophene rings is 1. The zero-order valence-electron chi connectivity index (χ0n) is 17.8. The molecule has 2 aliphatic rings. The van der Waals surface area contributed by atoms with E-state index in [1.165, 1.54) is 10.4 Å². The van der Waals surface area contributed by atoms with E-state index in [1.807, 2.05) is 30.3 Å². The first-order valence-corrected chi connectivity index (χ1v) is 11.5. The lowest BCUT2D eigenvalue weighted by Gasteiger charge is -2.29. The number of benzene rings is 2. The minimum absolute atomic E-state index is 0.0681. The highest BCUT2D eigenvalue weighted by molar-refractivity contribution is 7.09. The van der Waals surface area contributed by atoms with Crippen LogP contribution in [-0.4, -0.2) is 24.0 Å². The molecule has 0 saturated carbocycles. The van der Waals surface area contributed by atoms with E-state index in [0.717, 1.165) is 29.8 Å². The molecule has 3 heterocycles. The fraction of sp³-hybridized carbons (Fsp3) is 0.269. The third kappa shape index (κ3) is 4.03. The summed E-state index contributed by atoms with van der Waals surface area (Å²) >= 11 is 1.78. The van der Waals surface area contributed by atoms with Gasteiger partial charge in [-0.15, -0.1) is 11.3 Å². The maximum absolute atomic E-state index is 13.0. The van der Waals surface area contributed by atoms with E-state index in [2.05, 4.69) is 48.4 Å². The molecule has 3 aromatic rings. The van der Waals surface area contributed by atoms with E-state index in [0.29, 0.717) is 36.3 Å². The molecule has 2 aromatic carbocycles. The highest BCUT2D eigenvalue weighted by Gasteiger charge is 2.33. The van der Waals surface area contributed by atoms with Gasteiger partial charge in [0.25, 0.3) is 0 Å². The van der Waals surface area contributed by atoms with E-state index in [1.54, 1.807) is 11.3 Å². The van der Waals surface area contributed by atoms with Crippen LogP contribution in [-0.2, 0) is 13.0 Å². The van der Waals surface area contributed by atoms with E-state index < -0.39 is 0 Å². The second-order valence-corrected chi connectivity index (χ2v) is 9.37. The van der Waals surface area contributed by atoms with Gasteiger partial charge in [-0.3, -0.25) is 9.69 Å². The molecule has 0 bridgehead atoms. The number of carbonyl (C=O) groups excluding carboxylic acids is 1. The smallest absolute Gasteiger partial charge is 0.231 e. The van der Waals surface area contributed by atoms with Crippen LogP contribution in [0.1, 0.15) is 51.7 Å². The lowest BCUT2D eigenvalue weighted by Crippen LogP contribution is -2.33. The summed E-state index contributed by atoms with van der Waals surface area (Å²) in [5, 5.41) is 2.11. The Balaban J connectivity index is 1.36. The molecule has 0 saturated heterocycles. The van der Waals surface area contributed by atoms with Gasteiger partial charge in [-0.2, -0.15) is 0 Å². The van der Waals surface area contributed by atoms with Gasteiger partial charge >= 0.3 is 0 Å². The van der Waals surface area contributed by atoms with Crippen molar-refractivity contribution >= 4 is 23.2 Å². The minimum Gasteiger partial charge on any atom is -0.478 e. The SMILES string of the molecule is CC(C)c1ccc(/C=C2\Oc3c(ccc4c3CN(CCc3cccs3)CO4)C2=O)cc1. The Morgan fingerprint density at radius 3 is 2.71 bits per heavy atom. The van der Waals surface area contributed by atoms with Gasteiger partial charge in [0.15, 0.2) is 5.76 Å².